The maximum absolute atomic E-state index is 3.77. The van der Waals surface area contributed by atoms with Gasteiger partial charge in [0.05, 0.1) is 0 Å². The molecule has 0 spiro atoms. The van der Waals surface area contributed by atoms with Gasteiger partial charge in [-0.15, -0.1) is 0 Å². The summed E-state index contributed by atoms with van der Waals surface area (Å²) in [5, 5.41) is 1.22. The van der Waals surface area contributed by atoms with Crippen molar-refractivity contribution >= 4 is 15.9 Å². The van der Waals surface area contributed by atoms with Crippen LogP contribution in [-0.4, -0.2) is 29.9 Å². The zero-order valence-corrected chi connectivity index (χ0v) is 13.0. The second kappa shape index (κ2) is 6.56. The molecule has 0 unspecified atom stereocenters. The number of rotatable bonds is 5. The van der Waals surface area contributed by atoms with E-state index in [0.29, 0.717) is 5.41 Å². The lowest BCUT2D eigenvalue weighted by Crippen LogP contribution is -2.42. The Morgan fingerprint density at radius 2 is 1.82 bits per heavy atom. The maximum Gasteiger partial charge on any atom is 0.0100 e. The van der Waals surface area contributed by atoms with Crippen LogP contribution in [0.3, 0.4) is 0 Å². The van der Waals surface area contributed by atoms with Crippen LogP contribution in [-0.2, 0) is 0 Å². The summed E-state index contributed by atoms with van der Waals surface area (Å²) in [6.45, 7) is 6.40. The van der Waals surface area contributed by atoms with Gasteiger partial charge in [0.15, 0.2) is 0 Å². The molecule has 0 N–H and O–H groups in total. The number of hydrogen-bond donors (Lipinski definition) is 0. The molecule has 0 aromatic heterocycles. The van der Waals surface area contributed by atoms with Crippen LogP contribution in [0, 0.1) is 11.3 Å². The molecule has 1 aliphatic carbocycles. The average Bonchev–Trinajstić information content (AvgIpc) is 2.81. The van der Waals surface area contributed by atoms with E-state index in [9.17, 15) is 0 Å². The van der Waals surface area contributed by atoms with Crippen LogP contribution in [0.1, 0.15) is 58.3 Å². The largest absolute Gasteiger partial charge is 0.303 e. The van der Waals surface area contributed by atoms with Crippen molar-refractivity contribution in [1.29, 1.82) is 0 Å². The van der Waals surface area contributed by atoms with Crippen LogP contribution in [0.25, 0.3) is 0 Å². The van der Waals surface area contributed by atoms with E-state index in [2.05, 4.69) is 27.8 Å². The van der Waals surface area contributed by atoms with E-state index < -0.39 is 0 Å². The first-order chi connectivity index (χ1) is 8.28. The van der Waals surface area contributed by atoms with E-state index in [1.54, 1.807) is 0 Å². The fourth-order valence-electron chi connectivity index (χ4n) is 3.77. The molecule has 1 heterocycles. The van der Waals surface area contributed by atoms with Crippen LogP contribution < -0.4 is 0 Å². The Kier molecular flexibility index (Phi) is 5.35. The first kappa shape index (κ1) is 13.9. The first-order valence-corrected chi connectivity index (χ1v) is 8.68. The van der Waals surface area contributed by atoms with Crippen LogP contribution >= 0.6 is 15.9 Å². The van der Waals surface area contributed by atoms with E-state index in [-0.39, 0.29) is 0 Å². The van der Waals surface area contributed by atoms with E-state index >= 15 is 0 Å². The molecule has 2 heteroatoms. The Morgan fingerprint density at radius 1 is 1.18 bits per heavy atom. The van der Waals surface area contributed by atoms with Gasteiger partial charge in [0.1, 0.15) is 0 Å². The van der Waals surface area contributed by atoms with Crippen molar-refractivity contribution in [2.75, 3.05) is 25.0 Å². The minimum atomic E-state index is 0.623. The summed E-state index contributed by atoms with van der Waals surface area (Å²) < 4.78 is 0. The Hall–Kier alpha value is 0.440. The van der Waals surface area contributed by atoms with Gasteiger partial charge in [-0.3, -0.25) is 0 Å². The van der Waals surface area contributed by atoms with Gasteiger partial charge in [-0.05, 0) is 50.1 Å². The molecule has 0 radical (unpaired) electrons. The highest BCUT2D eigenvalue weighted by Gasteiger charge is 2.35. The standard InChI is InChI=1S/C15H28BrN/c1-2-5-14-6-10-17(11-7-14)13-15(12-16)8-3-4-9-15/h14H,2-13H2,1H3. The molecular formula is C15H28BrN. The summed E-state index contributed by atoms with van der Waals surface area (Å²) in [6.07, 6.45) is 11.5. The van der Waals surface area contributed by atoms with Gasteiger partial charge in [-0.2, -0.15) is 0 Å². The van der Waals surface area contributed by atoms with E-state index in [1.165, 1.54) is 76.3 Å². The summed E-state index contributed by atoms with van der Waals surface area (Å²) in [5.41, 5.74) is 0.623. The predicted molar refractivity (Wildman–Crippen MR) is 78.8 cm³/mol. The SMILES string of the molecule is CCCC1CCN(CC2(CBr)CCCC2)CC1. The molecule has 1 aliphatic heterocycles. The Balaban J connectivity index is 1.77. The summed E-state index contributed by atoms with van der Waals surface area (Å²) >= 11 is 3.77. The quantitative estimate of drug-likeness (QED) is 0.678. The zero-order valence-electron chi connectivity index (χ0n) is 11.4. The molecule has 1 saturated heterocycles. The summed E-state index contributed by atoms with van der Waals surface area (Å²) in [6, 6.07) is 0. The lowest BCUT2D eigenvalue weighted by molar-refractivity contribution is 0.122. The molecule has 0 bridgehead atoms. The Labute approximate surface area is 115 Å². The minimum absolute atomic E-state index is 0.623. The average molecular weight is 302 g/mol. The van der Waals surface area contributed by atoms with E-state index in [0.717, 1.165) is 5.92 Å². The smallest absolute Gasteiger partial charge is 0.0100 e. The topological polar surface area (TPSA) is 3.24 Å². The second-order valence-electron chi connectivity index (χ2n) is 6.35. The lowest BCUT2D eigenvalue weighted by Gasteiger charge is -2.38. The molecule has 1 saturated carbocycles. The van der Waals surface area contributed by atoms with Crippen molar-refractivity contribution < 1.29 is 0 Å². The number of nitrogens with zero attached hydrogens (tertiary/aromatic N) is 1. The Morgan fingerprint density at radius 3 is 2.35 bits per heavy atom. The summed E-state index contributed by atoms with van der Waals surface area (Å²) in [4.78, 5) is 2.75. The molecule has 0 amide bonds. The van der Waals surface area contributed by atoms with Crippen molar-refractivity contribution in [3.8, 4) is 0 Å². The van der Waals surface area contributed by atoms with Crippen LogP contribution in [0.5, 0.6) is 0 Å². The molecule has 0 aromatic carbocycles. The maximum atomic E-state index is 3.77. The number of alkyl halides is 1. The van der Waals surface area contributed by atoms with Gasteiger partial charge in [0, 0.05) is 11.9 Å². The van der Waals surface area contributed by atoms with Crippen LogP contribution in [0.4, 0.5) is 0 Å². The molecule has 1 nitrogen and oxygen atoms in total. The number of piperidine rings is 1. The van der Waals surface area contributed by atoms with Crippen molar-refractivity contribution in [2.24, 2.45) is 11.3 Å². The predicted octanol–water partition coefficient (Wildman–Crippen LogP) is 4.45. The third kappa shape index (κ3) is 3.70. The highest BCUT2D eigenvalue weighted by Crippen LogP contribution is 2.40. The van der Waals surface area contributed by atoms with Crippen LogP contribution in [0.2, 0.25) is 0 Å². The van der Waals surface area contributed by atoms with Gasteiger partial charge in [0.2, 0.25) is 0 Å². The van der Waals surface area contributed by atoms with Crippen molar-refractivity contribution in [3.05, 3.63) is 0 Å². The van der Waals surface area contributed by atoms with Crippen molar-refractivity contribution in [2.45, 2.75) is 58.3 Å². The van der Waals surface area contributed by atoms with Gasteiger partial charge < -0.3 is 4.90 Å². The molecular weight excluding hydrogens is 274 g/mol. The Bertz CT molecular complexity index is 215. The number of likely N-dealkylation sites (tertiary alicyclic amines) is 1. The molecule has 0 aromatic rings. The van der Waals surface area contributed by atoms with E-state index in [4.69, 9.17) is 0 Å². The zero-order chi connectivity index (χ0) is 12.1. The molecule has 100 valence electrons. The lowest BCUT2D eigenvalue weighted by atomic mass is 9.86. The molecule has 2 rings (SSSR count). The molecule has 2 fully saturated rings. The monoisotopic (exact) mass is 301 g/mol. The first-order valence-electron chi connectivity index (χ1n) is 7.56. The highest BCUT2D eigenvalue weighted by atomic mass is 79.9. The second-order valence-corrected chi connectivity index (χ2v) is 6.91. The van der Waals surface area contributed by atoms with Gasteiger partial charge in [-0.1, -0.05) is 48.5 Å². The highest BCUT2D eigenvalue weighted by molar-refractivity contribution is 9.09. The van der Waals surface area contributed by atoms with E-state index in [1.807, 2.05) is 0 Å². The molecule has 0 atom stereocenters. The minimum Gasteiger partial charge on any atom is -0.303 e. The number of hydrogen-bond acceptors (Lipinski definition) is 1. The fourth-order valence-corrected chi connectivity index (χ4v) is 4.51. The normalized spacial score (nSPS) is 26.5. The molecule has 2 aliphatic rings. The number of halogens is 1. The summed E-state index contributed by atoms with van der Waals surface area (Å²) in [7, 11) is 0. The van der Waals surface area contributed by atoms with Gasteiger partial charge in [-0.25, -0.2) is 0 Å². The fraction of sp³-hybridized carbons (Fsp3) is 1.00. The third-order valence-corrected chi connectivity index (χ3v) is 6.10. The summed E-state index contributed by atoms with van der Waals surface area (Å²) in [5.74, 6) is 1.03. The van der Waals surface area contributed by atoms with Gasteiger partial charge in [0.25, 0.3) is 0 Å². The molecule has 17 heavy (non-hydrogen) atoms. The van der Waals surface area contributed by atoms with Crippen LogP contribution in [0.15, 0.2) is 0 Å². The van der Waals surface area contributed by atoms with Crippen molar-refractivity contribution in [3.63, 3.8) is 0 Å². The van der Waals surface area contributed by atoms with Gasteiger partial charge >= 0.3 is 0 Å². The third-order valence-electron chi connectivity index (χ3n) is 4.91. The van der Waals surface area contributed by atoms with Crippen molar-refractivity contribution in [1.82, 2.24) is 4.90 Å².